The van der Waals surface area contributed by atoms with Gasteiger partial charge in [0, 0.05) is 6.42 Å². The number of nitrogens with zero attached hydrogens (tertiary/aromatic N) is 1. The summed E-state index contributed by atoms with van der Waals surface area (Å²) in [7, 11) is 0. The maximum atomic E-state index is 6.64. The zero-order valence-electron chi connectivity index (χ0n) is 18.5. The predicted molar refractivity (Wildman–Crippen MR) is 109 cm³/mol. The van der Waals surface area contributed by atoms with Gasteiger partial charge in [-0.2, -0.15) is 0 Å². The van der Waals surface area contributed by atoms with Crippen LogP contribution in [0.1, 0.15) is 46.1 Å². The summed E-state index contributed by atoms with van der Waals surface area (Å²) in [5.74, 6) is -2.52. The summed E-state index contributed by atoms with van der Waals surface area (Å²) in [5.41, 5.74) is 2.70. The SMILES string of the molecule is Cc1ccc(N=C2[C@H]3OC(C)(C)O[C@H]3O[C@@]23CC[C@@H]2O[C@@H]4OC(C)(C)O[C@@H]4[C@@H]2O3)cc1. The molecule has 8 heteroatoms. The van der Waals surface area contributed by atoms with Crippen LogP contribution in [0.15, 0.2) is 29.3 Å². The van der Waals surface area contributed by atoms with Gasteiger partial charge in [-0.1, -0.05) is 17.7 Å². The Morgan fingerprint density at radius 1 is 0.806 bits per heavy atom. The minimum atomic E-state index is -1.05. The van der Waals surface area contributed by atoms with E-state index in [-0.39, 0.29) is 18.3 Å². The predicted octanol–water partition coefficient (Wildman–Crippen LogP) is 3.33. The lowest BCUT2D eigenvalue weighted by Crippen LogP contribution is -2.54. The fourth-order valence-corrected chi connectivity index (χ4v) is 5.18. The van der Waals surface area contributed by atoms with E-state index >= 15 is 0 Å². The first kappa shape index (κ1) is 20.2. The van der Waals surface area contributed by atoms with E-state index in [9.17, 15) is 0 Å². The minimum absolute atomic E-state index is 0.111. The van der Waals surface area contributed by atoms with Crippen molar-refractivity contribution in [3.8, 4) is 0 Å². The Kier molecular flexibility index (Phi) is 4.29. The lowest BCUT2D eigenvalue weighted by Gasteiger charge is -2.41. The highest BCUT2D eigenvalue weighted by atomic mass is 16.9. The first-order valence-electron chi connectivity index (χ1n) is 11.0. The van der Waals surface area contributed by atoms with E-state index in [1.165, 1.54) is 5.56 Å². The molecule has 0 aliphatic carbocycles. The summed E-state index contributed by atoms with van der Waals surface area (Å²) in [5, 5.41) is 0. The molecule has 31 heavy (non-hydrogen) atoms. The second-order valence-corrected chi connectivity index (χ2v) is 9.89. The van der Waals surface area contributed by atoms with Crippen LogP contribution in [-0.4, -0.2) is 60.1 Å². The molecule has 0 amide bonds. The van der Waals surface area contributed by atoms with Crippen molar-refractivity contribution in [1.82, 2.24) is 0 Å². The third kappa shape index (κ3) is 3.28. The van der Waals surface area contributed by atoms with Gasteiger partial charge < -0.3 is 33.2 Å². The molecule has 6 rings (SSSR count). The summed E-state index contributed by atoms with van der Waals surface area (Å²) < 4.78 is 43.4. The Hall–Kier alpha value is -1.39. The molecule has 0 N–H and O–H groups in total. The third-order valence-electron chi connectivity index (χ3n) is 6.48. The fraction of sp³-hybridized carbons (Fsp3) is 0.696. The minimum Gasteiger partial charge on any atom is -0.344 e. The van der Waals surface area contributed by atoms with Crippen LogP contribution in [0.4, 0.5) is 5.69 Å². The van der Waals surface area contributed by atoms with E-state index in [0.717, 1.165) is 12.1 Å². The van der Waals surface area contributed by atoms with Crippen molar-refractivity contribution in [2.24, 2.45) is 4.99 Å². The number of ether oxygens (including phenoxy) is 7. The van der Waals surface area contributed by atoms with Crippen molar-refractivity contribution in [3.63, 3.8) is 0 Å². The number of hydrogen-bond acceptors (Lipinski definition) is 8. The lowest BCUT2D eigenvalue weighted by molar-refractivity contribution is -0.315. The highest BCUT2D eigenvalue weighted by molar-refractivity contribution is 5.99. The summed E-state index contributed by atoms with van der Waals surface area (Å²) in [4.78, 5) is 4.96. The van der Waals surface area contributed by atoms with Crippen LogP contribution in [0.2, 0.25) is 0 Å². The van der Waals surface area contributed by atoms with Crippen molar-refractivity contribution in [2.75, 3.05) is 0 Å². The molecule has 5 aliphatic heterocycles. The van der Waals surface area contributed by atoms with Gasteiger partial charge in [-0.25, -0.2) is 4.99 Å². The molecule has 1 aromatic carbocycles. The maximum absolute atomic E-state index is 6.64. The fourth-order valence-electron chi connectivity index (χ4n) is 5.18. The molecule has 0 aromatic heterocycles. The molecular formula is C23H29NO7. The first-order chi connectivity index (χ1) is 14.6. The molecule has 1 aromatic rings. The normalized spacial score (nSPS) is 45.8. The summed E-state index contributed by atoms with van der Waals surface area (Å²) in [6.07, 6.45) is -0.892. The molecule has 0 bridgehead atoms. The topological polar surface area (TPSA) is 77.0 Å². The van der Waals surface area contributed by atoms with Gasteiger partial charge in [0.1, 0.15) is 17.9 Å². The van der Waals surface area contributed by atoms with E-state index in [0.29, 0.717) is 12.1 Å². The van der Waals surface area contributed by atoms with Crippen LogP contribution in [0.5, 0.6) is 0 Å². The van der Waals surface area contributed by atoms with Crippen molar-refractivity contribution in [1.29, 1.82) is 0 Å². The Morgan fingerprint density at radius 2 is 1.52 bits per heavy atom. The molecule has 5 fully saturated rings. The third-order valence-corrected chi connectivity index (χ3v) is 6.48. The number of rotatable bonds is 1. The van der Waals surface area contributed by atoms with Crippen LogP contribution in [-0.2, 0) is 33.2 Å². The Morgan fingerprint density at radius 3 is 2.29 bits per heavy atom. The van der Waals surface area contributed by atoms with Crippen molar-refractivity contribution in [3.05, 3.63) is 29.8 Å². The van der Waals surface area contributed by atoms with E-state index in [4.69, 9.17) is 38.2 Å². The van der Waals surface area contributed by atoms with E-state index < -0.39 is 36.0 Å². The maximum Gasteiger partial charge on any atom is 0.214 e. The van der Waals surface area contributed by atoms with E-state index in [1.807, 2.05) is 52.0 Å². The van der Waals surface area contributed by atoms with Gasteiger partial charge in [0.2, 0.25) is 5.79 Å². The molecule has 1 spiro atoms. The highest BCUT2D eigenvalue weighted by Gasteiger charge is 2.66. The largest absolute Gasteiger partial charge is 0.344 e. The molecule has 0 unspecified atom stereocenters. The standard InChI is InChI=1S/C23H29NO7/c1-12-6-8-13(9-7-12)24-18-17-20(30-22(4,5)27-17)31-23(18)11-10-14-15(28-23)16-19(25-14)29-21(2,3)26-16/h6-9,14-17,19-20H,10-11H2,1-5H3/t14-,15+,16+,17+,19+,20-,23-/m0/s1. The quantitative estimate of drug-likeness (QED) is 0.675. The summed E-state index contributed by atoms with van der Waals surface area (Å²) in [6.45, 7) is 9.57. The number of aryl methyl sites for hydroxylation is 1. The van der Waals surface area contributed by atoms with Crippen LogP contribution in [0, 0.1) is 6.92 Å². The molecule has 5 heterocycles. The van der Waals surface area contributed by atoms with Crippen molar-refractivity contribution in [2.45, 2.75) is 102 Å². The first-order valence-corrected chi connectivity index (χ1v) is 11.0. The van der Waals surface area contributed by atoms with Crippen LogP contribution < -0.4 is 0 Å². The van der Waals surface area contributed by atoms with Crippen LogP contribution >= 0.6 is 0 Å². The van der Waals surface area contributed by atoms with Gasteiger partial charge in [-0.15, -0.1) is 0 Å². The lowest BCUT2D eigenvalue weighted by atomic mass is 9.93. The average Bonchev–Trinajstić information content (AvgIpc) is 3.33. The zero-order valence-corrected chi connectivity index (χ0v) is 18.5. The van der Waals surface area contributed by atoms with Crippen molar-refractivity contribution < 1.29 is 33.2 Å². The second kappa shape index (κ2) is 6.57. The Labute approximate surface area is 181 Å². The monoisotopic (exact) mass is 431 g/mol. The van der Waals surface area contributed by atoms with Crippen LogP contribution in [0.25, 0.3) is 0 Å². The summed E-state index contributed by atoms with van der Waals surface area (Å²) >= 11 is 0. The number of benzene rings is 1. The van der Waals surface area contributed by atoms with Gasteiger partial charge in [0.05, 0.1) is 11.8 Å². The molecule has 0 saturated carbocycles. The van der Waals surface area contributed by atoms with Gasteiger partial charge in [0.15, 0.2) is 30.3 Å². The van der Waals surface area contributed by atoms with Gasteiger partial charge >= 0.3 is 0 Å². The Bertz CT molecular complexity index is 913. The molecule has 5 saturated heterocycles. The summed E-state index contributed by atoms with van der Waals surface area (Å²) in [6, 6.07) is 8.05. The molecule has 5 aliphatic rings. The Balaban J connectivity index is 1.35. The zero-order chi connectivity index (χ0) is 21.6. The highest BCUT2D eigenvalue weighted by Crippen LogP contribution is 2.50. The molecule has 8 nitrogen and oxygen atoms in total. The number of hydrogen-bond donors (Lipinski definition) is 0. The second-order valence-electron chi connectivity index (χ2n) is 9.89. The van der Waals surface area contributed by atoms with Gasteiger partial charge in [-0.3, -0.25) is 0 Å². The number of fused-ring (bicyclic) bond motifs is 4. The smallest absolute Gasteiger partial charge is 0.214 e. The molecule has 7 atom stereocenters. The number of aliphatic imine (C=N–C) groups is 1. The van der Waals surface area contributed by atoms with Gasteiger partial charge in [0.25, 0.3) is 0 Å². The van der Waals surface area contributed by atoms with E-state index in [2.05, 4.69) is 6.92 Å². The molecule has 0 radical (unpaired) electrons. The van der Waals surface area contributed by atoms with Crippen molar-refractivity contribution >= 4 is 11.4 Å². The molecule has 168 valence electrons. The van der Waals surface area contributed by atoms with Gasteiger partial charge in [-0.05, 0) is 53.2 Å². The van der Waals surface area contributed by atoms with Crippen LogP contribution in [0.3, 0.4) is 0 Å². The molecular weight excluding hydrogens is 402 g/mol. The van der Waals surface area contributed by atoms with E-state index in [1.54, 1.807) is 0 Å². The average molecular weight is 431 g/mol.